The standard InChI is InChI=1S/C16H15Cl2F/c17-11-16(12-18,10-13-5-2-1-3-6-13)14-7-4-8-15(19)9-14/h1-9H,10-12H2. The van der Waals surface area contributed by atoms with Crippen LogP contribution in [-0.4, -0.2) is 11.8 Å². The molecule has 0 aromatic heterocycles. The van der Waals surface area contributed by atoms with E-state index in [4.69, 9.17) is 23.2 Å². The minimum Gasteiger partial charge on any atom is -0.207 e. The Kier molecular flexibility index (Phi) is 4.84. The molecule has 2 rings (SSSR count). The van der Waals surface area contributed by atoms with Gasteiger partial charge in [-0.3, -0.25) is 0 Å². The number of benzene rings is 2. The van der Waals surface area contributed by atoms with Gasteiger partial charge >= 0.3 is 0 Å². The Morgan fingerprint density at radius 2 is 1.58 bits per heavy atom. The largest absolute Gasteiger partial charge is 0.207 e. The zero-order valence-electron chi connectivity index (χ0n) is 10.5. The molecule has 0 atom stereocenters. The van der Waals surface area contributed by atoms with Crippen molar-refractivity contribution in [1.82, 2.24) is 0 Å². The molecule has 0 N–H and O–H groups in total. The van der Waals surface area contributed by atoms with E-state index in [0.29, 0.717) is 18.2 Å². The minimum atomic E-state index is -0.438. The van der Waals surface area contributed by atoms with Crippen LogP contribution in [0.15, 0.2) is 54.6 Å². The molecule has 0 nitrogen and oxygen atoms in total. The third-order valence-corrected chi connectivity index (χ3v) is 4.36. The summed E-state index contributed by atoms with van der Waals surface area (Å²) in [5.74, 6) is 0.453. The Bertz CT molecular complexity index is 521. The molecule has 2 aromatic carbocycles. The van der Waals surface area contributed by atoms with Crippen molar-refractivity contribution in [2.24, 2.45) is 0 Å². The van der Waals surface area contributed by atoms with Crippen LogP contribution in [0, 0.1) is 5.82 Å². The summed E-state index contributed by atoms with van der Waals surface area (Å²) < 4.78 is 13.4. The molecule has 0 aliphatic heterocycles. The average Bonchev–Trinajstić information content (AvgIpc) is 2.46. The minimum absolute atomic E-state index is 0.259. The van der Waals surface area contributed by atoms with E-state index in [-0.39, 0.29) is 5.82 Å². The normalized spacial score (nSPS) is 11.5. The molecule has 0 aliphatic carbocycles. The van der Waals surface area contributed by atoms with Gasteiger partial charge in [-0.05, 0) is 29.7 Å². The van der Waals surface area contributed by atoms with Crippen LogP contribution < -0.4 is 0 Å². The predicted molar refractivity (Wildman–Crippen MR) is 79.7 cm³/mol. The third-order valence-electron chi connectivity index (χ3n) is 3.33. The molecule has 0 unspecified atom stereocenters. The van der Waals surface area contributed by atoms with E-state index in [1.54, 1.807) is 6.07 Å². The van der Waals surface area contributed by atoms with E-state index in [0.717, 1.165) is 11.1 Å². The fourth-order valence-electron chi connectivity index (χ4n) is 2.19. The summed E-state index contributed by atoms with van der Waals surface area (Å²) in [4.78, 5) is 0. The van der Waals surface area contributed by atoms with Gasteiger partial charge in [0.05, 0.1) is 0 Å². The molecule has 3 heteroatoms. The SMILES string of the molecule is Fc1cccc(C(CCl)(CCl)Cc2ccccc2)c1. The monoisotopic (exact) mass is 296 g/mol. The van der Waals surface area contributed by atoms with Crippen molar-refractivity contribution in [3.63, 3.8) is 0 Å². The van der Waals surface area contributed by atoms with Gasteiger partial charge in [-0.1, -0.05) is 42.5 Å². The van der Waals surface area contributed by atoms with Gasteiger partial charge in [-0.15, -0.1) is 23.2 Å². The number of rotatable bonds is 5. The highest BCUT2D eigenvalue weighted by molar-refractivity contribution is 6.22. The van der Waals surface area contributed by atoms with Crippen LogP contribution in [0.5, 0.6) is 0 Å². The molecule has 0 saturated heterocycles. The Labute approximate surface area is 123 Å². The smallest absolute Gasteiger partial charge is 0.123 e. The molecule has 0 spiro atoms. The highest BCUT2D eigenvalue weighted by atomic mass is 35.5. The van der Waals surface area contributed by atoms with E-state index >= 15 is 0 Å². The van der Waals surface area contributed by atoms with Gasteiger partial charge in [-0.2, -0.15) is 0 Å². The van der Waals surface area contributed by atoms with Crippen molar-refractivity contribution in [2.75, 3.05) is 11.8 Å². The van der Waals surface area contributed by atoms with Crippen LogP contribution in [0.3, 0.4) is 0 Å². The highest BCUT2D eigenvalue weighted by Gasteiger charge is 2.31. The van der Waals surface area contributed by atoms with Crippen LogP contribution in [0.1, 0.15) is 11.1 Å². The summed E-state index contributed by atoms with van der Waals surface area (Å²) in [5.41, 5.74) is 1.56. The molecular weight excluding hydrogens is 282 g/mol. The lowest BCUT2D eigenvalue weighted by atomic mass is 9.78. The molecule has 0 amide bonds. The second-order valence-electron chi connectivity index (χ2n) is 4.72. The van der Waals surface area contributed by atoms with Crippen LogP contribution in [-0.2, 0) is 11.8 Å². The van der Waals surface area contributed by atoms with Crippen molar-refractivity contribution in [1.29, 1.82) is 0 Å². The quantitative estimate of drug-likeness (QED) is 0.696. The average molecular weight is 297 g/mol. The van der Waals surface area contributed by atoms with Crippen LogP contribution in [0.2, 0.25) is 0 Å². The maximum atomic E-state index is 13.4. The molecule has 0 fully saturated rings. The second kappa shape index (κ2) is 6.40. The molecular formula is C16H15Cl2F. The lowest BCUT2D eigenvalue weighted by Gasteiger charge is -2.30. The molecule has 19 heavy (non-hydrogen) atoms. The van der Waals surface area contributed by atoms with Gasteiger partial charge in [0.15, 0.2) is 0 Å². The van der Waals surface area contributed by atoms with Crippen molar-refractivity contribution in [3.05, 3.63) is 71.5 Å². The van der Waals surface area contributed by atoms with Gasteiger partial charge in [0.25, 0.3) is 0 Å². The molecule has 2 aromatic rings. The summed E-state index contributed by atoms with van der Waals surface area (Å²) in [6.07, 6.45) is 0.699. The maximum Gasteiger partial charge on any atom is 0.123 e. The van der Waals surface area contributed by atoms with Gasteiger partial charge in [0.1, 0.15) is 5.82 Å². The Morgan fingerprint density at radius 1 is 0.895 bits per heavy atom. The van der Waals surface area contributed by atoms with E-state index in [1.807, 2.05) is 36.4 Å². The zero-order chi connectivity index (χ0) is 13.7. The van der Waals surface area contributed by atoms with Gasteiger partial charge < -0.3 is 0 Å². The second-order valence-corrected chi connectivity index (χ2v) is 5.25. The zero-order valence-corrected chi connectivity index (χ0v) is 12.0. The van der Waals surface area contributed by atoms with Crippen molar-refractivity contribution in [3.8, 4) is 0 Å². The van der Waals surface area contributed by atoms with E-state index in [1.165, 1.54) is 12.1 Å². The molecule has 0 bridgehead atoms. The topological polar surface area (TPSA) is 0 Å². The summed E-state index contributed by atoms with van der Waals surface area (Å²) in [6.45, 7) is 0. The van der Waals surface area contributed by atoms with E-state index in [2.05, 4.69) is 0 Å². The first-order chi connectivity index (χ1) is 9.20. The summed E-state index contributed by atoms with van der Waals surface area (Å²) in [6, 6.07) is 16.5. The van der Waals surface area contributed by atoms with E-state index in [9.17, 15) is 4.39 Å². The van der Waals surface area contributed by atoms with Crippen LogP contribution >= 0.6 is 23.2 Å². The number of alkyl halides is 2. The van der Waals surface area contributed by atoms with Crippen LogP contribution in [0.4, 0.5) is 4.39 Å². The molecule has 0 radical (unpaired) electrons. The first-order valence-corrected chi connectivity index (χ1v) is 7.19. The number of halogens is 3. The van der Waals surface area contributed by atoms with Gasteiger partial charge in [0, 0.05) is 17.2 Å². The maximum absolute atomic E-state index is 13.4. The van der Waals surface area contributed by atoms with Crippen LogP contribution in [0.25, 0.3) is 0 Å². The number of hydrogen-bond donors (Lipinski definition) is 0. The molecule has 0 saturated carbocycles. The Morgan fingerprint density at radius 3 is 2.16 bits per heavy atom. The number of hydrogen-bond acceptors (Lipinski definition) is 0. The van der Waals surface area contributed by atoms with Crippen molar-refractivity contribution in [2.45, 2.75) is 11.8 Å². The first-order valence-electron chi connectivity index (χ1n) is 6.12. The molecule has 100 valence electrons. The first kappa shape index (κ1) is 14.4. The summed E-state index contributed by atoms with van der Waals surface area (Å²) in [5, 5.41) is 0. The van der Waals surface area contributed by atoms with Crippen molar-refractivity contribution < 1.29 is 4.39 Å². The summed E-state index contributed by atoms with van der Waals surface area (Å²) in [7, 11) is 0. The van der Waals surface area contributed by atoms with Crippen molar-refractivity contribution >= 4 is 23.2 Å². The fourth-order valence-corrected chi connectivity index (χ4v) is 2.97. The lowest BCUT2D eigenvalue weighted by molar-refractivity contribution is 0.528. The van der Waals surface area contributed by atoms with Gasteiger partial charge in [-0.25, -0.2) is 4.39 Å². The third kappa shape index (κ3) is 3.29. The van der Waals surface area contributed by atoms with Gasteiger partial charge in [0.2, 0.25) is 0 Å². The predicted octanol–water partition coefficient (Wildman–Crippen LogP) is 4.78. The highest BCUT2D eigenvalue weighted by Crippen LogP contribution is 2.32. The molecule has 0 heterocycles. The Balaban J connectivity index is 2.37. The van der Waals surface area contributed by atoms with E-state index < -0.39 is 5.41 Å². The Hall–Kier alpha value is -1.05. The lowest BCUT2D eigenvalue weighted by Crippen LogP contribution is -2.33. The summed E-state index contributed by atoms with van der Waals surface area (Å²) >= 11 is 12.3. The fraction of sp³-hybridized carbons (Fsp3) is 0.250. The molecule has 0 aliphatic rings.